The van der Waals surface area contributed by atoms with Crippen molar-refractivity contribution in [2.24, 2.45) is 0 Å². The Morgan fingerprint density at radius 3 is 2.09 bits per heavy atom. The first kappa shape index (κ1) is 23.0. The van der Waals surface area contributed by atoms with Gasteiger partial charge in [-0.15, -0.1) is 0 Å². The van der Waals surface area contributed by atoms with Gasteiger partial charge in [-0.1, -0.05) is 44.5 Å². The third-order valence-corrected chi connectivity index (χ3v) is 4.97. The number of aromatic nitrogens is 1. The van der Waals surface area contributed by atoms with Crippen LogP contribution >= 0.6 is 11.6 Å². The van der Waals surface area contributed by atoms with Gasteiger partial charge in [0.25, 0.3) is 11.8 Å². The number of hydrogen-bond donors (Lipinski definition) is 3. The van der Waals surface area contributed by atoms with Gasteiger partial charge in [-0.3, -0.25) is 9.59 Å². The fourth-order valence-corrected chi connectivity index (χ4v) is 3.04. The van der Waals surface area contributed by atoms with Crippen molar-refractivity contribution in [1.29, 1.82) is 0 Å². The Labute approximate surface area is 190 Å². The number of carboxylic acid groups (broad SMARTS) is 1. The summed E-state index contributed by atoms with van der Waals surface area (Å²) in [5, 5.41) is 15.0. The van der Waals surface area contributed by atoms with Gasteiger partial charge in [0.1, 0.15) is 5.82 Å². The first-order valence-electron chi connectivity index (χ1n) is 9.77. The average Bonchev–Trinajstić information content (AvgIpc) is 2.75. The van der Waals surface area contributed by atoms with Crippen molar-refractivity contribution in [3.05, 3.63) is 88.1 Å². The van der Waals surface area contributed by atoms with Gasteiger partial charge >= 0.3 is 5.97 Å². The minimum Gasteiger partial charge on any atom is -0.478 e. The van der Waals surface area contributed by atoms with Crippen LogP contribution in [0.2, 0.25) is 5.02 Å². The van der Waals surface area contributed by atoms with E-state index in [0.717, 1.165) is 5.56 Å². The molecule has 32 heavy (non-hydrogen) atoms. The van der Waals surface area contributed by atoms with Crippen LogP contribution in [-0.4, -0.2) is 27.9 Å². The van der Waals surface area contributed by atoms with Gasteiger partial charge in [0.15, 0.2) is 0 Å². The molecule has 0 aliphatic rings. The highest BCUT2D eigenvalue weighted by Gasteiger charge is 2.19. The number of nitrogens with zero attached hydrogens (tertiary/aromatic N) is 1. The van der Waals surface area contributed by atoms with Gasteiger partial charge in [0.05, 0.1) is 21.8 Å². The molecular formula is C24H22ClN3O4. The van der Waals surface area contributed by atoms with Crippen LogP contribution in [-0.2, 0) is 5.41 Å². The Bertz CT molecular complexity index is 1170. The third-order valence-electron chi connectivity index (χ3n) is 4.74. The number of carbonyl (C=O) groups is 3. The third kappa shape index (κ3) is 5.50. The molecule has 0 bridgehead atoms. The molecule has 0 aliphatic carbocycles. The van der Waals surface area contributed by atoms with E-state index in [-0.39, 0.29) is 28.0 Å². The van der Waals surface area contributed by atoms with Crippen LogP contribution in [0.15, 0.2) is 60.8 Å². The second kappa shape index (κ2) is 9.20. The summed E-state index contributed by atoms with van der Waals surface area (Å²) in [4.78, 5) is 41.0. The van der Waals surface area contributed by atoms with Crippen LogP contribution in [0, 0.1) is 0 Å². The van der Waals surface area contributed by atoms with Crippen molar-refractivity contribution >= 4 is 40.9 Å². The highest BCUT2D eigenvalue weighted by molar-refractivity contribution is 6.30. The second-order valence-electron chi connectivity index (χ2n) is 8.16. The topological polar surface area (TPSA) is 108 Å². The zero-order valence-electron chi connectivity index (χ0n) is 17.8. The molecule has 2 aromatic carbocycles. The summed E-state index contributed by atoms with van der Waals surface area (Å²) in [5.41, 5.74) is 1.50. The minimum absolute atomic E-state index is 0.0127. The molecule has 3 rings (SSSR count). The number of carbonyl (C=O) groups excluding carboxylic acids is 2. The molecule has 0 radical (unpaired) electrons. The lowest BCUT2D eigenvalue weighted by Gasteiger charge is -2.19. The summed E-state index contributed by atoms with van der Waals surface area (Å²) in [6.07, 6.45) is 1.37. The normalized spacial score (nSPS) is 11.0. The SMILES string of the molecule is CC(C)(C)c1ccc(C(=O)Nc2ccc(C(=O)O)cc2C(=O)Nc2ccc(Cl)cn2)cc1. The lowest BCUT2D eigenvalue weighted by Crippen LogP contribution is -2.19. The molecule has 0 spiro atoms. The van der Waals surface area contributed by atoms with Crippen molar-refractivity contribution in [3.63, 3.8) is 0 Å². The van der Waals surface area contributed by atoms with E-state index in [9.17, 15) is 19.5 Å². The molecule has 1 aromatic heterocycles. The number of halogens is 1. The molecule has 0 atom stereocenters. The Hall–Kier alpha value is -3.71. The van der Waals surface area contributed by atoms with E-state index in [1.165, 1.54) is 30.5 Å². The molecule has 0 unspecified atom stereocenters. The molecule has 164 valence electrons. The maximum absolute atomic E-state index is 12.8. The standard InChI is InChI=1S/C24H22ClN3O4/c1-24(2,3)16-7-4-14(5-8-16)21(29)27-19-10-6-15(23(31)32)12-18(19)22(30)28-20-11-9-17(25)13-26-20/h4-13H,1-3H3,(H,27,29)(H,31,32)(H,26,28,30). The predicted octanol–water partition coefficient (Wildman–Crippen LogP) is 5.24. The average molecular weight is 452 g/mol. The van der Waals surface area contributed by atoms with Gasteiger partial charge in [-0.25, -0.2) is 9.78 Å². The van der Waals surface area contributed by atoms with Crippen LogP contribution in [0.5, 0.6) is 0 Å². The van der Waals surface area contributed by atoms with E-state index in [4.69, 9.17) is 11.6 Å². The number of anilines is 2. The highest BCUT2D eigenvalue weighted by atomic mass is 35.5. The molecule has 8 heteroatoms. The van der Waals surface area contributed by atoms with Crippen molar-refractivity contribution < 1.29 is 19.5 Å². The van der Waals surface area contributed by atoms with Crippen LogP contribution in [0.1, 0.15) is 57.4 Å². The summed E-state index contributed by atoms with van der Waals surface area (Å²) >= 11 is 5.81. The van der Waals surface area contributed by atoms with Gasteiger partial charge in [-0.05, 0) is 53.4 Å². The molecule has 0 saturated carbocycles. The summed E-state index contributed by atoms with van der Waals surface area (Å²) in [5.74, 6) is -2.01. The number of amides is 2. The van der Waals surface area contributed by atoms with Crippen LogP contribution < -0.4 is 10.6 Å². The van der Waals surface area contributed by atoms with E-state index in [2.05, 4.69) is 36.4 Å². The zero-order valence-corrected chi connectivity index (χ0v) is 18.5. The van der Waals surface area contributed by atoms with Crippen LogP contribution in [0.25, 0.3) is 0 Å². The number of hydrogen-bond acceptors (Lipinski definition) is 4. The first-order valence-corrected chi connectivity index (χ1v) is 10.1. The quantitative estimate of drug-likeness (QED) is 0.491. The Kier molecular flexibility index (Phi) is 6.60. The summed E-state index contributed by atoms with van der Waals surface area (Å²) < 4.78 is 0. The van der Waals surface area contributed by atoms with E-state index in [0.29, 0.717) is 10.6 Å². The van der Waals surface area contributed by atoms with E-state index >= 15 is 0 Å². The van der Waals surface area contributed by atoms with Crippen molar-refractivity contribution in [1.82, 2.24) is 4.98 Å². The van der Waals surface area contributed by atoms with Gasteiger partial charge in [0, 0.05) is 11.8 Å². The number of carboxylic acids is 1. The molecule has 0 aliphatic heterocycles. The van der Waals surface area contributed by atoms with Crippen molar-refractivity contribution in [3.8, 4) is 0 Å². The summed E-state index contributed by atoms with van der Waals surface area (Å²) in [6, 6.07) is 14.1. The van der Waals surface area contributed by atoms with Crippen LogP contribution in [0.4, 0.5) is 11.5 Å². The molecule has 7 nitrogen and oxygen atoms in total. The highest BCUT2D eigenvalue weighted by Crippen LogP contribution is 2.24. The van der Waals surface area contributed by atoms with Gasteiger partial charge < -0.3 is 15.7 Å². The monoisotopic (exact) mass is 451 g/mol. The van der Waals surface area contributed by atoms with Crippen LogP contribution in [0.3, 0.4) is 0 Å². The molecule has 0 fully saturated rings. The smallest absolute Gasteiger partial charge is 0.335 e. The maximum Gasteiger partial charge on any atom is 0.335 e. The lowest BCUT2D eigenvalue weighted by atomic mass is 9.86. The molecule has 3 aromatic rings. The maximum atomic E-state index is 12.8. The lowest BCUT2D eigenvalue weighted by molar-refractivity contribution is 0.0696. The van der Waals surface area contributed by atoms with Crippen molar-refractivity contribution in [2.45, 2.75) is 26.2 Å². The van der Waals surface area contributed by atoms with E-state index < -0.39 is 17.8 Å². The van der Waals surface area contributed by atoms with E-state index in [1.807, 2.05) is 12.1 Å². The molecule has 1 heterocycles. The molecule has 0 saturated heterocycles. The first-order chi connectivity index (χ1) is 15.0. The Morgan fingerprint density at radius 2 is 1.53 bits per heavy atom. The number of aromatic carboxylic acids is 1. The fraction of sp³-hybridized carbons (Fsp3) is 0.167. The minimum atomic E-state index is -1.20. The predicted molar refractivity (Wildman–Crippen MR) is 124 cm³/mol. The molecule has 2 amide bonds. The van der Waals surface area contributed by atoms with E-state index in [1.54, 1.807) is 18.2 Å². The zero-order chi connectivity index (χ0) is 23.5. The largest absolute Gasteiger partial charge is 0.478 e. The molecular weight excluding hydrogens is 430 g/mol. The Morgan fingerprint density at radius 1 is 0.875 bits per heavy atom. The van der Waals surface area contributed by atoms with Crippen molar-refractivity contribution in [2.75, 3.05) is 10.6 Å². The number of benzene rings is 2. The fourth-order valence-electron chi connectivity index (χ4n) is 2.92. The Balaban J connectivity index is 1.88. The summed E-state index contributed by atoms with van der Waals surface area (Å²) in [7, 11) is 0. The molecule has 3 N–H and O–H groups in total. The van der Waals surface area contributed by atoms with Gasteiger partial charge in [0.2, 0.25) is 0 Å². The van der Waals surface area contributed by atoms with Gasteiger partial charge in [-0.2, -0.15) is 0 Å². The number of rotatable bonds is 5. The second-order valence-corrected chi connectivity index (χ2v) is 8.60. The number of nitrogens with one attached hydrogen (secondary N) is 2. The number of pyridine rings is 1. The summed E-state index contributed by atoms with van der Waals surface area (Å²) in [6.45, 7) is 6.23.